The molecule has 0 spiro atoms. The SMILES string of the molecule is C[C@@H](C(=O)Nc1cccc(C#N)c1)N(C)CC(=O)Nc1ccc(N2CCOCC2)cc1. The summed E-state index contributed by atoms with van der Waals surface area (Å²) in [5, 5.41) is 14.6. The number of carbonyl (C=O) groups excluding carboxylic acids is 2. The van der Waals surface area contributed by atoms with Gasteiger partial charge in [-0.05, 0) is 56.4 Å². The molecular weight excluding hydrogens is 394 g/mol. The van der Waals surface area contributed by atoms with Crippen LogP contribution in [0.4, 0.5) is 17.1 Å². The second-order valence-electron chi connectivity index (χ2n) is 7.47. The number of nitrogens with zero attached hydrogens (tertiary/aromatic N) is 3. The van der Waals surface area contributed by atoms with Crippen molar-refractivity contribution < 1.29 is 14.3 Å². The quantitative estimate of drug-likeness (QED) is 0.712. The first-order valence-electron chi connectivity index (χ1n) is 10.2. The van der Waals surface area contributed by atoms with E-state index < -0.39 is 6.04 Å². The van der Waals surface area contributed by atoms with Crippen LogP contribution in [0.5, 0.6) is 0 Å². The van der Waals surface area contributed by atoms with Gasteiger partial charge in [0.15, 0.2) is 0 Å². The van der Waals surface area contributed by atoms with Gasteiger partial charge in [-0.2, -0.15) is 5.26 Å². The number of rotatable bonds is 7. The van der Waals surface area contributed by atoms with Gasteiger partial charge in [0.1, 0.15) is 0 Å². The smallest absolute Gasteiger partial charge is 0.241 e. The molecule has 1 heterocycles. The van der Waals surface area contributed by atoms with E-state index >= 15 is 0 Å². The molecule has 1 aliphatic rings. The third kappa shape index (κ3) is 6.28. The Balaban J connectivity index is 1.49. The molecule has 8 nitrogen and oxygen atoms in total. The van der Waals surface area contributed by atoms with Gasteiger partial charge in [-0.1, -0.05) is 6.07 Å². The number of hydrogen-bond acceptors (Lipinski definition) is 6. The van der Waals surface area contributed by atoms with Crippen LogP contribution in [0.1, 0.15) is 12.5 Å². The van der Waals surface area contributed by atoms with E-state index in [1.54, 1.807) is 43.1 Å². The van der Waals surface area contributed by atoms with Crippen LogP contribution in [0.25, 0.3) is 0 Å². The first-order chi connectivity index (χ1) is 15.0. The number of nitrogens with one attached hydrogen (secondary N) is 2. The van der Waals surface area contributed by atoms with Gasteiger partial charge in [0.25, 0.3) is 0 Å². The zero-order valence-electron chi connectivity index (χ0n) is 17.8. The number of nitriles is 1. The lowest BCUT2D eigenvalue weighted by Gasteiger charge is -2.29. The second-order valence-corrected chi connectivity index (χ2v) is 7.47. The van der Waals surface area contributed by atoms with Gasteiger partial charge in [0.2, 0.25) is 11.8 Å². The van der Waals surface area contributed by atoms with Crippen LogP contribution in [0.3, 0.4) is 0 Å². The Bertz CT molecular complexity index is 948. The maximum Gasteiger partial charge on any atom is 0.241 e. The van der Waals surface area contributed by atoms with Crippen molar-refractivity contribution in [2.45, 2.75) is 13.0 Å². The van der Waals surface area contributed by atoms with Crippen molar-refractivity contribution in [3.63, 3.8) is 0 Å². The molecule has 2 N–H and O–H groups in total. The Labute approximate surface area is 182 Å². The minimum absolute atomic E-state index is 0.0675. The number of hydrogen-bond donors (Lipinski definition) is 2. The Hall–Kier alpha value is -3.41. The summed E-state index contributed by atoms with van der Waals surface area (Å²) in [4.78, 5) is 28.8. The lowest BCUT2D eigenvalue weighted by atomic mass is 10.2. The van der Waals surface area contributed by atoms with E-state index in [2.05, 4.69) is 15.5 Å². The Morgan fingerprint density at radius 1 is 1.13 bits per heavy atom. The van der Waals surface area contributed by atoms with Gasteiger partial charge in [0.05, 0.1) is 37.4 Å². The van der Waals surface area contributed by atoms with Crippen molar-refractivity contribution in [3.05, 3.63) is 54.1 Å². The van der Waals surface area contributed by atoms with Crippen LogP contribution in [0.15, 0.2) is 48.5 Å². The van der Waals surface area contributed by atoms with Gasteiger partial charge in [-0.3, -0.25) is 14.5 Å². The minimum atomic E-state index is -0.528. The third-order valence-electron chi connectivity index (χ3n) is 5.22. The molecule has 0 bridgehead atoms. The summed E-state index contributed by atoms with van der Waals surface area (Å²) in [6, 6.07) is 15.9. The summed E-state index contributed by atoms with van der Waals surface area (Å²) < 4.78 is 5.37. The van der Waals surface area contributed by atoms with E-state index in [0.717, 1.165) is 32.0 Å². The van der Waals surface area contributed by atoms with Crippen LogP contribution in [0, 0.1) is 11.3 Å². The van der Waals surface area contributed by atoms with E-state index in [9.17, 15) is 9.59 Å². The predicted molar refractivity (Wildman–Crippen MR) is 120 cm³/mol. The summed E-state index contributed by atoms with van der Waals surface area (Å²) >= 11 is 0. The number of likely N-dealkylation sites (N-methyl/N-ethyl adjacent to an activating group) is 1. The predicted octanol–water partition coefficient (Wildman–Crippen LogP) is 2.29. The molecule has 0 unspecified atom stereocenters. The summed E-state index contributed by atoms with van der Waals surface area (Å²) in [6.07, 6.45) is 0. The van der Waals surface area contributed by atoms with E-state index in [-0.39, 0.29) is 18.4 Å². The zero-order chi connectivity index (χ0) is 22.2. The van der Waals surface area contributed by atoms with Gasteiger partial charge in [-0.15, -0.1) is 0 Å². The molecular formula is C23H27N5O3. The molecule has 0 saturated carbocycles. The summed E-state index contributed by atoms with van der Waals surface area (Å²) in [6.45, 7) is 4.96. The van der Waals surface area contributed by atoms with E-state index in [4.69, 9.17) is 10.00 Å². The van der Waals surface area contributed by atoms with Crippen LogP contribution in [0.2, 0.25) is 0 Å². The maximum atomic E-state index is 12.5. The highest BCUT2D eigenvalue weighted by atomic mass is 16.5. The van der Waals surface area contributed by atoms with Crippen LogP contribution in [-0.2, 0) is 14.3 Å². The molecule has 8 heteroatoms. The number of benzene rings is 2. The summed E-state index contributed by atoms with van der Waals surface area (Å²) in [7, 11) is 1.72. The number of amides is 2. The van der Waals surface area contributed by atoms with E-state index in [1.165, 1.54) is 0 Å². The van der Waals surface area contributed by atoms with E-state index in [0.29, 0.717) is 16.9 Å². The highest BCUT2D eigenvalue weighted by molar-refractivity contribution is 5.96. The molecule has 0 aromatic heterocycles. The monoisotopic (exact) mass is 421 g/mol. The normalized spacial score (nSPS) is 14.6. The zero-order valence-corrected chi connectivity index (χ0v) is 17.8. The number of ether oxygens (including phenoxy) is 1. The molecule has 2 aromatic carbocycles. The minimum Gasteiger partial charge on any atom is -0.378 e. The topological polar surface area (TPSA) is 97.7 Å². The molecule has 1 fully saturated rings. The van der Waals surface area contributed by atoms with Crippen molar-refractivity contribution in [2.24, 2.45) is 0 Å². The van der Waals surface area contributed by atoms with Crippen LogP contribution < -0.4 is 15.5 Å². The highest BCUT2D eigenvalue weighted by Crippen LogP contribution is 2.19. The molecule has 1 atom stereocenters. The van der Waals surface area contributed by atoms with Crippen molar-refractivity contribution in [1.29, 1.82) is 5.26 Å². The lowest BCUT2D eigenvalue weighted by molar-refractivity contribution is -0.122. The third-order valence-corrected chi connectivity index (χ3v) is 5.22. The molecule has 0 aliphatic carbocycles. The Morgan fingerprint density at radius 3 is 2.52 bits per heavy atom. The lowest BCUT2D eigenvalue weighted by Crippen LogP contribution is -2.43. The largest absolute Gasteiger partial charge is 0.378 e. The van der Waals surface area contributed by atoms with Crippen molar-refractivity contribution in [1.82, 2.24) is 4.90 Å². The summed E-state index contributed by atoms with van der Waals surface area (Å²) in [5.74, 6) is -0.451. The van der Waals surface area contributed by atoms with E-state index in [1.807, 2.05) is 30.3 Å². The molecule has 1 saturated heterocycles. The van der Waals surface area contributed by atoms with Crippen LogP contribution in [-0.4, -0.2) is 62.7 Å². The average Bonchev–Trinajstić information content (AvgIpc) is 2.79. The standard InChI is InChI=1S/C23H27N5O3/c1-17(23(30)26-20-5-3-4-18(14-20)15-24)27(2)16-22(29)25-19-6-8-21(9-7-19)28-10-12-31-13-11-28/h3-9,14,17H,10-13,16H2,1-2H3,(H,25,29)(H,26,30)/t17-/m0/s1. The van der Waals surface area contributed by atoms with Crippen molar-refractivity contribution in [3.8, 4) is 6.07 Å². The van der Waals surface area contributed by atoms with Gasteiger partial charge < -0.3 is 20.3 Å². The Kier molecular flexibility index (Phi) is 7.60. The molecule has 31 heavy (non-hydrogen) atoms. The fraction of sp³-hybridized carbons (Fsp3) is 0.348. The Morgan fingerprint density at radius 2 is 1.84 bits per heavy atom. The number of carbonyl (C=O) groups is 2. The molecule has 1 aliphatic heterocycles. The summed E-state index contributed by atoms with van der Waals surface area (Å²) in [5.41, 5.74) is 2.83. The molecule has 2 aromatic rings. The first kappa shape index (κ1) is 22.3. The molecule has 3 rings (SSSR count). The molecule has 0 radical (unpaired) electrons. The fourth-order valence-corrected chi connectivity index (χ4v) is 3.25. The van der Waals surface area contributed by atoms with Gasteiger partial charge in [0, 0.05) is 30.2 Å². The molecule has 162 valence electrons. The maximum absolute atomic E-state index is 12.5. The highest BCUT2D eigenvalue weighted by Gasteiger charge is 2.20. The average molecular weight is 422 g/mol. The van der Waals surface area contributed by atoms with Gasteiger partial charge >= 0.3 is 0 Å². The first-order valence-corrected chi connectivity index (χ1v) is 10.2. The van der Waals surface area contributed by atoms with Gasteiger partial charge in [-0.25, -0.2) is 0 Å². The molecule has 2 amide bonds. The number of morpholine rings is 1. The van der Waals surface area contributed by atoms with Crippen LogP contribution >= 0.6 is 0 Å². The second kappa shape index (κ2) is 10.6. The fourth-order valence-electron chi connectivity index (χ4n) is 3.25. The van der Waals surface area contributed by atoms with Crippen molar-refractivity contribution >= 4 is 28.9 Å². The van der Waals surface area contributed by atoms with Crippen molar-refractivity contribution in [2.75, 3.05) is 55.4 Å². The number of anilines is 3.